The molecule has 0 spiro atoms. The molecule has 0 aromatic heterocycles. The van der Waals surface area contributed by atoms with E-state index in [9.17, 15) is 18.0 Å². The van der Waals surface area contributed by atoms with E-state index in [-0.39, 0.29) is 18.9 Å². The molecule has 0 saturated carbocycles. The molecule has 0 amide bonds. The minimum atomic E-state index is -4.42. The van der Waals surface area contributed by atoms with Gasteiger partial charge in [0.05, 0.1) is 19.1 Å². The van der Waals surface area contributed by atoms with E-state index < -0.39 is 11.7 Å². The topological polar surface area (TPSA) is 47.6 Å². The third-order valence-electron chi connectivity index (χ3n) is 3.46. The summed E-state index contributed by atoms with van der Waals surface area (Å²) in [4.78, 5) is 11.3. The van der Waals surface area contributed by atoms with Crippen LogP contribution in [0.15, 0.2) is 42.5 Å². The van der Waals surface area contributed by atoms with E-state index in [2.05, 4.69) is 10.1 Å². The third-order valence-corrected chi connectivity index (χ3v) is 3.46. The average molecular weight is 353 g/mol. The predicted molar refractivity (Wildman–Crippen MR) is 86.4 cm³/mol. The molecule has 134 valence electrons. The standard InChI is InChI=1S/C18H18F3NO3/c1-22-11-13-10-14(18(19,20)21)6-7-16(13)25-15-5-3-4-12(8-15)9-17(23)24-2/h3-8,10,22H,9,11H2,1-2H3. The van der Waals surface area contributed by atoms with Crippen molar-refractivity contribution in [2.75, 3.05) is 14.2 Å². The highest BCUT2D eigenvalue weighted by atomic mass is 19.4. The quantitative estimate of drug-likeness (QED) is 0.800. The summed E-state index contributed by atoms with van der Waals surface area (Å²) in [6, 6.07) is 10.1. The van der Waals surface area contributed by atoms with Gasteiger partial charge in [-0.05, 0) is 42.9 Å². The highest BCUT2D eigenvalue weighted by Crippen LogP contribution is 2.34. The number of rotatable bonds is 6. The molecule has 0 aliphatic heterocycles. The number of hydrogen-bond donors (Lipinski definition) is 1. The lowest BCUT2D eigenvalue weighted by molar-refractivity contribution is -0.140. The van der Waals surface area contributed by atoms with Gasteiger partial charge in [0.25, 0.3) is 0 Å². The number of carbonyl (C=O) groups excluding carboxylic acids is 1. The summed E-state index contributed by atoms with van der Waals surface area (Å²) in [6.45, 7) is 0.223. The van der Waals surface area contributed by atoms with E-state index in [4.69, 9.17) is 4.74 Å². The van der Waals surface area contributed by atoms with Gasteiger partial charge in [0.1, 0.15) is 11.5 Å². The maximum atomic E-state index is 12.9. The molecule has 2 rings (SSSR count). The molecule has 1 N–H and O–H groups in total. The highest BCUT2D eigenvalue weighted by molar-refractivity contribution is 5.72. The van der Waals surface area contributed by atoms with Crippen LogP contribution >= 0.6 is 0 Å². The molecule has 2 aromatic rings. The van der Waals surface area contributed by atoms with Crippen LogP contribution < -0.4 is 10.1 Å². The fourth-order valence-electron chi connectivity index (χ4n) is 2.27. The minimum Gasteiger partial charge on any atom is -0.469 e. The summed E-state index contributed by atoms with van der Waals surface area (Å²) in [5.41, 5.74) is 0.340. The summed E-state index contributed by atoms with van der Waals surface area (Å²) in [7, 11) is 2.94. The molecule has 0 saturated heterocycles. The van der Waals surface area contributed by atoms with Crippen LogP contribution in [-0.4, -0.2) is 20.1 Å². The Kier molecular flexibility index (Phi) is 6.03. The van der Waals surface area contributed by atoms with Gasteiger partial charge in [0.15, 0.2) is 0 Å². The Morgan fingerprint density at radius 1 is 1.16 bits per heavy atom. The number of nitrogens with one attached hydrogen (secondary N) is 1. The molecule has 25 heavy (non-hydrogen) atoms. The molecular weight excluding hydrogens is 335 g/mol. The monoisotopic (exact) mass is 353 g/mol. The van der Waals surface area contributed by atoms with Gasteiger partial charge in [0.2, 0.25) is 0 Å². The Bertz CT molecular complexity index is 745. The lowest BCUT2D eigenvalue weighted by Crippen LogP contribution is -2.10. The number of benzene rings is 2. The van der Waals surface area contributed by atoms with Crippen molar-refractivity contribution in [2.24, 2.45) is 0 Å². The highest BCUT2D eigenvalue weighted by Gasteiger charge is 2.31. The van der Waals surface area contributed by atoms with Crippen molar-refractivity contribution in [3.05, 3.63) is 59.2 Å². The van der Waals surface area contributed by atoms with Gasteiger partial charge in [-0.1, -0.05) is 12.1 Å². The predicted octanol–water partition coefficient (Wildman–Crippen LogP) is 3.93. The molecule has 0 aliphatic rings. The van der Waals surface area contributed by atoms with Crippen molar-refractivity contribution in [3.8, 4) is 11.5 Å². The van der Waals surface area contributed by atoms with Crippen LogP contribution in [-0.2, 0) is 28.7 Å². The smallest absolute Gasteiger partial charge is 0.416 e. The number of hydrogen-bond acceptors (Lipinski definition) is 4. The second-order valence-electron chi connectivity index (χ2n) is 5.35. The van der Waals surface area contributed by atoms with Crippen molar-refractivity contribution in [1.82, 2.24) is 5.32 Å². The minimum absolute atomic E-state index is 0.0874. The van der Waals surface area contributed by atoms with E-state index in [1.54, 1.807) is 31.3 Å². The van der Waals surface area contributed by atoms with Gasteiger partial charge >= 0.3 is 12.1 Å². The van der Waals surface area contributed by atoms with Crippen LogP contribution in [0.3, 0.4) is 0 Å². The number of esters is 1. The largest absolute Gasteiger partial charge is 0.469 e. The second-order valence-corrected chi connectivity index (χ2v) is 5.35. The SMILES string of the molecule is CNCc1cc(C(F)(F)F)ccc1Oc1cccc(CC(=O)OC)c1. The lowest BCUT2D eigenvalue weighted by atomic mass is 10.1. The van der Waals surface area contributed by atoms with Gasteiger partial charge < -0.3 is 14.8 Å². The average Bonchev–Trinajstić information content (AvgIpc) is 2.56. The molecule has 0 heterocycles. The Hall–Kier alpha value is -2.54. The molecule has 0 radical (unpaired) electrons. The first-order valence-electron chi connectivity index (χ1n) is 7.52. The number of carbonyl (C=O) groups is 1. The summed E-state index contributed by atoms with van der Waals surface area (Å²) in [5, 5.41) is 2.83. The zero-order chi connectivity index (χ0) is 18.4. The Labute approximate surface area is 143 Å². The Morgan fingerprint density at radius 3 is 2.56 bits per heavy atom. The zero-order valence-corrected chi connectivity index (χ0v) is 13.8. The summed E-state index contributed by atoms with van der Waals surface area (Å²) >= 11 is 0. The first kappa shape index (κ1) is 18.8. The van der Waals surface area contributed by atoms with Crippen molar-refractivity contribution in [3.63, 3.8) is 0 Å². The lowest BCUT2D eigenvalue weighted by Gasteiger charge is -2.14. The summed E-state index contributed by atoms with van der Waals surface area (Å²) in [6.07, 6.45) is -4.33. The molecule has 0 atom stereocenters. The van der Waals surface area contributed by atoms with Gasteiger partial charge in [-0.3, -0.25) is 4.79 Å². The maximum Gasteiger partial charge on any atom is 0.416 e. The summed E-state index contributed by atoms with van der Waals surface area (Å²) in [5.74, 6) is 0.360. The Balaban J connectivity index is 2.27. The fraction of sp³-hybridized carbons (Fsp3) is 0.278. The van der Waals surface area contributed by atoms with Crippen molar-refractivity contribution in [2.45, 2.75) is 19.1 Å². The number of methoxy groups -OCH3 is 1. The maximum absolute atomic E-state index is 12.9. The molecule has 7 heteroatoms. The van der Waals surface area contributed by atoms with Crippen LogP contribution in [0.25, 0.3) is 0 Å². The van der Waals surface area contributed by atoms with Gasteiger partial charge in [-0.25, -0.2) is 0 Å². The molecule has 0 fully saturated rings. The van der Waals surface area contributed by atoms with E-state index in [0.29, 0.717) is 22.6 Å². The van der Waals surface area contributed by atoms with E-state index in [1.165, 1.54) is 13.2 Å². The molecular formula is C18H18F3NO3. The van der Waals surface area contributed by atoms with Crippen LogP contribution in [0, 0.1) is 0 Å². The van der Waals surface area contributed by atoms with Crippen LogP contribution in [0.1, 0.15) is 16.7 Å². The Morgan fingerprint density at radius 2 is 1.92 bits per heavy atom. The first-order chi connectivity index (χ1) is 11.8. The van der Waals surface area contributed by atoms with Gasteiger partial charge in [0, 0.05) is 12.1 Å². The number of ether oxygens (including phenoxy) is 2. The second kappa shape index (κ2) is 8.02. The van der Waals surface area contributed by atoms with Crippen molar-refractivity contribution in [1.29, 1.82) is 0 Å². The van der Waals surface area contributed by atoms with E-state index >= 15 is 0 Å². The fourth-order valence-corrected chi connectivity index (χ4v) is 2.27. The van der Waals surface area contributed by atoms with Crippen LogP contribution in [0.4, 0.5) is 13.2 Å². The third kappa shape index (κ3) is 5.22. The molecule has 4 nitrogen and oxygen atoms in total. The number of halogens is 3. The molecule has 0 unspecified atom stereocenters. The molecule has 0 aliphatic carbocycles. The summed E-state index contributed by atoms with van der Waals surface area (Å²) < 4.78 is 48.9. The van der Waals surface area contributed by atoms with E-state index in [1.807, 2.05) is 0 Å². The molecule has 0 bridgehead atoms. The molecule has 2 aromatic carbocycles. The van der Waals surface area contributed by atoms with Crippen LogP contribution in [0.5, 0.6) is 11.5 Å². The van der Waals surface area contributed by atoms with Crippen molar-refractivity contribution >= 4 is 5.97 Å². The normalized spacial score (nSPS) is 11.2. The van der Waals surface area contributed by atoms with E-state index in [0.717, 1.165) is 12.1 Å². The van der Waals surface area contributed by atoms with Crippen LogP contribution in [0.2, 0.25) is 0 Å². The van der Waals surface area contributed by atoms with Gasteiger partial charge in [-0.15, -0.1) is 0 Å². The first-order valence-corrected chi connectivity index (χ1v) is 7.52. The van der Waals surface area contributed by atoms with Gasteiger partial charge in [-0.2, -0.15) is 13.2 Å². The number of alkyl halides is 3. The van der Waals surface area contributed by atoms with Crippen molar-refractivity contribution < 1.29 is 27.4 Å². The zero-order valence-electron chi connectivity index (χ0n) is 13.8.